The number of aromatic nitrogens is 1. The van der Waals surface area contributed by atoms with Crippen molar-refractivity contribution in [3.05, 3.63) is 40.4 Å². The van der Waals surface area contributed by atoms with Crippen LogP contribution in [0.15, 0.2) is 23.6 Å². The van der Waals surface area contributed by atoms with E-state index in [2.05, 4.69) is 42.4 Å². The van der Waals surface area contributed by atoms with Crippen LogP contribution in [0.3, 0.4) is 0 Å². The molecule has 0 bridgehead atoms. The number of aliphatic hydroxyl groups is 1. The Morgan fingerprint density at radius 2 is 2.12 bits per heavy atom. The van der Waals surface area contributed by atoms with Gasteiger partial charge in [-0.2, -0.15) is 0 Å². The predicted molar refractivity (Wildman–Crippen MR) is 72.4 cm³/mol. The first-order valence-electron chi connectivity index (χ1n) is 5.83. The molecule has 1 N–H and O–H groups in total. The van der Waals surface area contributed by atoms with E-state index in [1.165, 1.54) is 16.7 Å². The fourth-order valence-electron chi connectivity index (χ4n) is 1.77. The number of rotatable bonds is 4. The normalized spacial score (nSPS) is 10.8. The highest BCUT2D eigenvalue weighted by Gasteiger charge is 2.07. The number of aliphatic hydroxyl groups excluding tert-OH is 1. The van der Waals surface area contributed by atoms with E-state index in [1.54, 1.807) is 11.3 Å². The van der Waals surface area contributed by atoms with E-state index in [-0.39, 0.29) is 6.61 Å². The fourth-order valence-corrected chi connectivity index (χ4v) is 2.71. The molecule has 0 amide bonds. The Kier molecular flexibility index (Phi) is 3.92. The summed E-state index contributed by atoms with van der Waals surface area (Å²) in [7, 11) is 0. The minimum absolute atomic E-state index is 0.232. The van der Waals surface area contributed by atoms with Crippen molar-refractivity contribution in [2.45, 2.75) is 26.7 Å². The van der Waals surface area contributed by atoms with Crippen LogP contribution in [0.1, 0.15) is 23.2 Å². The average Bonchev–Trinajstić information content (AvgIpc) is 2.78. The predicted octanol–water partition coefficient (Wildman–Crippen LogP) is 3.35. The van der Waals surface area contributed by atoms with E-state index in [9.17, 15) is 0 Å². The van der Waals surface area contributed by atoms with Gasteiger partial charge in [-0.1, -0.05) is 17.7 Å². The number of nitrogens with zero attached hydrogens (tertiary/aromatic N) is 1. The molecule has 17 heavy (non-hydrogen) atoms. The summed E-state index contributed by atoms with van der Waals surface area (Å²) in [5.74, 6) is 0. The molecular weight excluding hydrogens is 230 g/mol. The number of thiazole rings is 1. The summed E-state index contributed by atoms with van der Waals surface area (Å²) in [5, 5.41) is 12.0. The zero-order chi connectivity index (χ0) is 12.3. The van der Waals surface area contributed by atoms with E-state index in [1.807, 2.05) is 0 Å². The van der Waals surface area contributed by atoms with Crippen LogP contribution in [0.4, 0.5) is 0 Å². The average molecular weight is 247 g/mol. The van der Waals surface area contributed by atoms with Gasteiger partial charge in [0.15, 0.2) is 0 Å². The number of benzene rings is 1. The van der Waals surface area contributed by atoms with Crippen LogP contribution >= 0.6 is 11.3 Å². The first-order chi connectivity index (χ1) is 8.20. The van der Waals surface area contributed by atoms with Crippen LogP contribution in [0, 0.1) is 13.8 Å². The van der Waals surface area contributed by atoms with Gasteiger partial charge in [0.05, 0.1) is 5.69 Å². The van der Waals surface area contributed by atoms with Gasteiger partial charge in [-0.05, 0) is 38.3 Å². The van der Waals surface area contributed by atoms with Gasteiger partial charge in [0, 0.05) is 17.6 Å². The summed E-state index contributed by atoms with van der Waals surface area (Å²) < 4.78 is 0. The number of aryl methyl sites for hydroxylation is 3. The third-order valence-corrected chi connectivity index (χ3v) is 3.69. The second kappa shape index (κ2) is 5.43. The number of hydrogen-bond donors (Lipinski definition) is 1. The molecule has 0 aliphatic rings. The second-order valence-electron chi connectivity index (χ2n) is 4.29. The Morgan fingerprint density at radius 1 is 1.29 bits per heavy atom. The monoisotopic (exact) mass is 247 g/mol. The highest BCUT2D eigenvalue weighted by atomic mass is 32.1. The topological polar surface area (TPSA) is 33.1 Å². The van der Waals surface area contributed by atoms with Crippen molar-refractivity contribution in [2.24, 2.45) is 0 Å². The van der Waals surface area contributed by atoms with Crippen molar-refractivity contribution in [3.8, 4) is 10.6 Å². The van der Waals surface area contributed by atoms with Gasteiger partial charge in [0.25, 0.3) is 0 Å². The molecule has 0 fully saturated rings. The summed E-state index contributed by atoms with van der Waals surface area (Å²) in [6.45, 7) is 4.45. The van der Waals surface area contributed by atoms with Crippen LogP contribution in [0.2, 0.25) is 0 Å². The third kappa shape index (κ3) is 2.93. The molecule has 0 spiro atoms. The van der Waals surface area contributed by atoms with E-state index in [4.69, 9.17) is 5.11 Å². The van der Waals surface area contributed by atoms with Crippen molar-refractivity contribution < 1.29 is 5.11 Å². The van der Waals surface area contributed by atoms with Crippen LogP contribution in [0.5, 0.6) is 0 Å². The van der Waals surface area contributed by atoms with Crippen LogP contribution < -0.4 is 0 Å². The molecule has 0 saturated heterocycles. The zero-order valence-corrected chi connectivity index (χ0v) is 11.0. The molecule has 0 unspecified atom stereocenters. The van der Waals surface area contributed by atoms with E-state index >= 15 is 0 Å². The molecule has 1 aromatic carbocycles. The van der Waals surface area contributed by atoms with Crippen molar-refractivity contribution in [2.75, 3.05) is 6.61 Å². The maximum atomic E-state index is 8.81. The molecule has 0 saturated carbocycles. The van der Waals surface area contributed by atoms with Crippen molar-refractivity contribution in [3.63, 3.8) is 0 Å². The summed E-state index contributed by atoms with van der Waals surface area (Å²) in [5.41, 5.74) is 4.83. The lowest BCUT2D eigenvalue weighted by Crippen LogP contribution is -1.90. The fraction of sp³-hybridized carbons (Fsp3) is 0.357. The first kappa shape index (κ1) is 12.3. The maximum Gasteiger partial charge on any atom is 0.123 e. The standard InChI is InChI=1S/C14H17NOS/c1-10-5-6-11(2)13(8-10)14-15-12(9-17-14)4-3-7-16/h5-6,8-9,16H,3-4,7H2,1-2H3. The van der Waals surface area contributed by atoms with Gasteiger partial charge in [0.1, 0.15) is 5.01 Å². The molecule has 1 heterocycles. The van der Waals surface area contributed by atoms with Crippen LogP contribution in [0.25, 0.3) is 10.6 Å². The quantitative estimate of drug-likeness (QED) is 0.898. The Labute approximate surface area is 106 Å². The molecule has 2 aromatic rings. The Balaban J connectivity index is 2.27. The van der Waals surface area contributed by atoms with Gasteiger partial charge >= 0.3 is 0 Å². The molecule has 0 atom stereocenters. The first-order valence-corrected chi connectivity index (χ1v) is 6.71. The third-order valence-electron chi connectivity index (χ3n) is 2.77. The molecule has 90 valence electrons. The van der Waals surface area contributed by atoms with Gasteiger partial charge in [-0.3, -0.25) is 0 Å². The molecule has 2 rings (SSSR count). The maximum absolute atomic E-state index is 8.81. The molecule has 1 aromatic heterocycles. The Bertz CT molecular complexity index is 505. The molecule has 0 aliphatic carbocycles. The second-order valence-corrected chi connectivity index (χ2v) is 5.15. The summed E-state index contributed by atoms with van der Waals surface area (Å²) in [6, 6.07) is 6.45. The molecule has 0 aliphatic heterocycles. The lowest BCUT2D eigenvalue weighted by atomic mass is 10.1. The Morgan fingerprint density at radius 3 is 2.88 bits per heavy atom. The molecule has 0 radical (unpaired) electrons. The van der Waals surface area contributed by atoms with Gasteiger partial charge in [-0.15, -0.1) is 11.3 Å². The SMILES string of the molecule is Cc1ccc(C)c(-c2nc(CCCO)cs2)c1. The van der Waals surface area contributed by atoms with Crippen molar-refractivity contribution >= 4 is 11.3 Å². The largest absolute Gasteiger partial charge is 0.396 e. The summed E-state index contributed by atoms with van der Waals surface area (Å²) >= 11 is 1.68. The smallest absolute Gasteiger partial charge is 0.123 e. The van der Waals surface area contributed by atoms with Crippen molar-refractivity contribution in [1.82, 2.24) is 4.98 Å². The molecule has 2 nitrogen and oxygen atoms in total. The van der Waals surface area contributed by atoms with E-state index in [0.717, 1.165) is 23.5 Å². The van der Waals surface area contributed by atoms with Gasteiger partial charge < -0.3 is 5.11 Å². The van der Waals surface area contributed by atoms with Gasteiger partial charge in [0.2, 0.25) is 0 Å². The minimum Gasteiger partial charge on any atom is -0.396 e. The lowest BCUT2D eigenvalue weighted by molar-refractivity contribution is 0.288. The lowest BCUT2D eigenvalue weighted by Gasteiger charge is -2.03. The summed E-state index contributed by atoms with van der Waals surface area (Å²) in [6.07, 6.45) is 1.65. The Hall–Kier alpha value is -1.19. The minimum atomic E-state index is 0.232. The number of hydrogen-bond acceptors (Lipinski definition) is 3. The van der Waals surface area contributed by atoms with Gasteiger partial charge in [-0.25, -0.2) is 4.98 Å². The van der Waals surface area contributed by atoms with Crippen LogP contribution in [-0.2, 0) is 6.42 Å². The van der Waals surface area contributed by atoms with E-state index < -0.39 is 0 Å². The highest BCUT2D eigenvalue weighted by molar-refractivity contribution is 7.13. The molecular formula is C14H17NOS. The zero-order valence-electron chi connectivity index (χ0n) is 10.2. The van der Waals surface area contributed by atoms with Crippen molar-refractivity contribution in [1.29, 1.82) is 0 Å². The van der Waals surface area contributed by atoms with E-state index in [0.29, 0.717) is 0 Å². The van der Waals surface area contributed by atoms with Crippen LogP contribution in [-0.4, -0.2) is 16.7 Å². The highest BCUT2D eigenvalue weighted by Crippen LogP contribution is 2.28. The molecule has 3 heteroatoms. The summed E-state index contributed by atoms with van der Waals surface area (Å²) in [4.78, 5) is 4.63.